The molecular weight excluding hydrogens is 283 g/mol. The second kappa shape index (κ2) is 6.26. The molecule has 0 radical (unpaired) electrons. The summed E-state index contributed by atoms with van der Waals surface area (Å²) in [5.74, 6) is -0.208. The predicted octanol–water partition coefficient (Wildman–Crippen LogP) is 3.90. The fourth-order valence-corrected chi connectivity index (χ4v) is 4.01. The lowest BCUT2D eigenvalue weighted by Gasteiger charge is -2.34. The summed E-state index contributed by atoms with van der Waals surface area (Å²) in [7, 11) is 0. The summed E-state index contributed by atoms with van der Waals surface area (Å²) < 4.78 is 12.9. The van der Waals surface area contributed by atoms with Crippen LogP contribution in [0.1, 0.15) is 41.4 Å². The molecule has 2 nitrogen and oxygen atoms in total. The first-order chi connectivity index (χ1) is 10.1. The van der Waals surface area contributed by atoms with Crippen LogP contribution in [0.3, 0.4) is 0 Å². The van der Waals surface area contributed by atoms with Crippen molar-refractivity contribution in [1.82, 2.24) is 4.90 Å². The molecular formula is C17H21FN2S. The van der Waals surface area contributed by atoms with E-state index in [-0.39, 0.29) is 11.9 Å². The second-order valence-electron chi connectivity index (χ2n) is 5.71. The molecule has 0 spiro atoms. The van der Waals surface area contributed by atoms with Crippen LogP contribution in [0.4, 0.5) is 4.39 Å². The maximum absolute atomic E-state index is 12.9. The molecule has 1 aliphatic heterocycles. The Labute approximate surface area is 129 Å². The number of nitrogens with zero attached hydrogens (tertiary/aromatic N) is 1. The van der Waals surface area contributed by atoms with Gasteiger partial charge in [-0.05, 0) is 54.5 Å². The minimum absolute atomic E-state index is 0.0262. The summed E-state index contributed by atoms with van der Waals surface area (Å²) in [6.07, 6.45) is 2.04. The highest BCUT2D eigenvalue weighted by atomic mass is 32.1. The average molecular weight is 304 g/mol. The van der Waals surface area contributed by atoms with Crippen LogP contribution in [-0.4, -0.2) is 18.0 Å². The van der Waals surface area contributed by atoms with Crippen molar-refractivity contribution in [3.8, 4) is 0 Å². The predicted molar refractivity (Wildman–Crippen MR) is 86.0 cm³/mol. The quantitative estimate of drug-likeness (QED) is 0.928. The van der Waals surface area contributed by atoms with E-state index in [1.807, 2.05) is 11.3 Å². The fourth-order valence-electron chi connectivity index (χ4n) is 3.05. The molecule has 1 aromatic heterocycles. The molecule has 21 heavy (non-hydrogen) atoms. The van der Waals surface area contributed by atoms with E-state index >= 15 is 0 Å². The maximum Gasteiger partial charge on any atom is 0.123 e. The van der Waals surface area contributed by atoms with Gasteiger partial charge in [0.2, 0.25) is 0 Å². The molecule has 3 rings (SSSR count). The van der Waals surface area contributed by atoms with Crippen molar-refractivity contribution >= 4 is 11.3 Å². The standard InChI is InChI=1S/C17H21FN2S/c1-12-15-8-11-21-17(15)7-10-20(12)9-6-16(19)13-2-4-14(18)5-3-13/h2-5,8,11-12,16H,6-7,9-10,19H2,1H3. The number of thiophene rings is 1. The number of nitrogens with two attached hydrogens (primary N) is 1. The van der Waals surface area contributed by atoms with Crippen LogP contribution in [0.5, 0.6) is 0 Å². The first-order valence-corrected chi connectivity index (χ1v) is 8.34. The van der Waals surface area contributed by atoms with Crippen molar-refractivity contribution in [2.75, 3.05) is 13.1 Å². The Morgan fingerprint density at radius 2 is 2.10 bits per heavy atom. The van der Waals surface area contributed by atoms with Gasteiger partial charge in [-0.2, -0.15) is 0 Å². The molecule has 0 fully saturated rings. The van der Waals surface area contributed by atoms with E-state index in [4.69, 9.17) is 5.73 Å². The number of rotatable bonds is 4. The Hall–Kier alpha value is -1.23. The Balaban J connectivity index is 1.59. The van der Waals surface area contributed by atoms with Gasteiger partial charge in [0, 0.05) is 30.1 Å². The topological polar surface area (TPSA) is 29.3 Å². The third kappa shape index (κ3) is 3.18. The van der Waals surface area contributed by atoms with Crippen LogP contribution in [0.2, 0.25) is 0 Å². The molecule has 2 aromatic rings. The third-order valence-electron chi connectivity index (χ3n) is 4.43. The van der Waals surface area contributed by atoms with Gasteiger partial charge in [-0.1, -0.05) is 12.1 Å². The van der Waals surface area contributed by atoms with Crippen molar-refractivity contribution < 1.29 is 4.39 Å². The monoisotopic (exact) mass is 304 g/mol. The van der Waals surface area contributed by atoms with Gasteiger partial charge < -0.3 is 5.73 Å². The summed E-state index contributed by atoms with van der Waals surface area (Å²) in [5.41, 5.74) is 8.72. The number of fused-ring (bicyclic) bond motifs is 1. The highest BCUT2D eigenvalue weighted by Gasteiger charge is 2.24. The molecule has 2 N–H and O–H groups in total. The molecule has 2 atom stereocenters. The zero-order valence-corrected chi connectivity index (χ0v) is 13.1. The number of benzene rings is 1. The molecule has 4 heteroatoms. The first-order valence-electron chi connectivity index (χ1n) is 7.46. The molecule has 0 amide bonds. The van der Waals surface area contributed by atoms with E-state index in [2.05, 4.69) is 23.3 Å². The number of halogens is 1. The van der Waals surface area contributed by atoms with E-state index in [0.29, 0.717) is 6.04 Å². The van der Waals surface area contributed by atoms with Crippen molar-refractivity contribution in [3.63, 3.8) is 0 Å². The Morgan fingerprint density at radius 3 is 2.86 bits per heavy atom. The van der Waals surface area contributed by atoms with E-state index in [9.17, 15) is 4.39 Å². The van der Waals surface area contributed by atoms with Crippen molar-refractivity contribution in [2.45, 2.75) is 31.8 Å². The van der Waals surface area contributed by atoms with Gasteiger partial charge in [0.05, 0.1) is 0 Å². The Bertz CT molecular complexity index is 593. The van der Waals surface area contributed by atoms with Gasteiger partial charge in [-0.15, -0.1) is 11.3 Å². The van der Waals surface area contributed by atoms with E-state index < -0.39 is 0 Å². The molecule has 112 valence electrons. The zero-order valence-electron chi connectivity index (χ0n) is 12.3. The number of hydrogen-bond donors (Lipinski definition) is 1. The van der Waals surface area contributed by atoms with Crippen LogP contribution in [0, 0.1) is 5.82 Å². The minimum Gasteiger partial charge on any atom is -0.324 e. The lowest BCUT2D eigenvalue weighted by molar-refractivity contribution is 0.193. The molecule has 0 saturated heterocycles. The molecule has 0 saturated carbocycles. The first kappa shape index (κ1) is 14.7. The second-order valence-corrected chi connectivity index (χ2v) is 6.71. The summed E-state index contributed by atoms with van der Waals surface area (Å²) in [5, 5.41) is 2.19. The van der Waals surface area contributed by atoms with Crippen LogP contribution in [0.15, 0.2) is 35.7 Å². The lowest BCUT2D eigenvalue weighted by Crippen LogP contribution is -2.35. The molecule has 2 unspecified atom stereocenters. The Kier molecular flexibility index (Phi) is 4.38. The number of hydrogen-bond acceptors (Lipinski definition) is 3. The zero-order chi connectivity index (χ0) is 14.8. The van der Waals surface area contributed by atoms with Crippen LogP contribution in [-0.2, 0) is 6.42 Å². The summed E-state index contributed by atoms with van der Waals surface area (Å²) >= 11 is 1.87. The SMILES string of the molecule is CC1c2ccsc2CCN1CCC(N)c1ccc(F)cc1. The van der Waals surface area contributed by atoms with Crippen molar-refractivity contribution in [1.29, 1.82) is 0 Å². The maximum atomic E-state index is 12.9. The van der Waals surface area contributed by atoms with Gasteiger partial charge in [-0.3, -0.25) is 4.90 Å². The highest BCUT2D eigenvalue weighted by molar-refractivity contribution is 7.10. The summed E-state index contributed by atoms with van der Waals surface area (Å²) in [4.78, 5) is 4.03. The van der Waals surface area contributed by atoms with Crippen LogP contribution in [0.25, 0.3) is 0 Å². The van der Waals surface area contributed by atoms with Crippen molar-refractivity contribution in [2.24, 2.45) is 5.73 Å². The van der Waals surface area contributed by atoms with Gasteiger partial charge in [0.25, 0.3) is 0 Å². The molecule has 1 aromatic carbocycles. The van der Waals surface area contributed by atoms with E-state index in [1.54, 1.807) is 12.1 Å². The fraction of sp³-hybridized carbons (Fsp3) is 0.412. The van der Waals surface area contributed by atoms with Gasteiger partial charge in [0.15, 0.2) is 0 Å². The van der Waals surface area contributed by atoms with Gasteiger partial charge in [0.1, 0.15) is 5.82 Å². The molecule has 0 aliphatic carbocycles. The van der Waals surface area contributed by atoms with Crippen molar-refractivity contribution in [3.05, 3.63) is 57.5 Å². The Morgan fingerprint density at radius 1 is 1.33 bits per heavy atom. The summed E-state index contributed by atoms with van der Waals surface area (Å²) in [6.45, 7) is 4.36. The normalized spacial score (nSPS) is 20.2. The molecule has 2 heterocycles. The van der Waals surface area contributed by atoms with E-state index in [1.165, 1.54) is 22.6 Å². The highest BCUT2D eigenvalue weighted by Crippen LogP contribution is 2.33. The molecule has 1 aliphatic rings. The van der Waals surface area contributed by atoms with Gasteiger partial charge in [-0.25, -0.2) is 4.39 Å². The smallest absolute Gasteiger partial charge is 0.123 e. The summed E-state index contributed by atoms with van der Waals surface area (Å²) in [6, 6.07) is 9.23. The third-order valence-corrected chi connectivity index (χ3v) is 5.43. The van der Waals surface area contributed by atoms with Gasteiger partial charge >= 0.3 is 0 Å². The largest absolute Gasteiger partial charge is 0.324 e. The average Bonchev–Trinajstić information content (AvgIpc) is 2.96. The molecule has 0 bridgehead atoms. The van der Waals surface area contributed by atoms with Crippen LogP contribution < -0.4 is 5.73 Å². The van der Waals surface area contributed by atoms with Crippen LogP contribution >= 0.6 is 11.3 Å². The van der Waals surface area contributed by atoms with E-state index in [0.717, 1.165) is 31.5 Å². The lowest BCUT2D eigenvalue weighted by atomic mass is 9.99. The minimum atomic E-state index is -0.208.